The summed E-state index contributed by atoms with van der Waals surface area (Å²) in [6, 6.07) is 4.39. The molecule has 0 saturated carbocycles. The van der Waals surface area contributed by atoms with Gasteiger partial charge in [-0.1, -0.05) is 13.0 Å². The topological polar surface area (TPSA) is 12.0 Å². The van der Waals surface area contributed by atoms with Gasteiger partial charge in [0.05, 0.1) is 0 Å². The van der Waals surface area contributed by atoms with E-state index in [-0.39, 0.29) is 5.54 Å². The van der Waals surface area contributed by atoms with Crippen molar-refractivity contribution in [3.8, 4) is 0 Å². The van der Waals surface area contributed by atoms with E-state index < -0.39 is 0 Å². The second-order valence-corrected chi connectivity index (χ2v) is 6.72. The molecule has 1 aromatic rings. The number of rotatable bonds is 6. The fraction of sp³-hybridized carbons (Fsp3) is 0.714. The van der Waals surface area contributed by atoms with Crippen LogP contribution in [0.2, 0.25) is 0 Å². The molecule has 0 radical (unpaired) electrons. The quantitative estimate of drug-likeness (QED) is 0.788. The summed E-state index contributed by atoms with van der Waals surface area (Å²) in [5, 5.41) is 5.72. The molecule has 2 heteroatoms. The number of thiophene rings is 1. The lowest BCUT2D eigenvalue weighted by molar-refractivity contribution is 0.387. The van der Waals surface area contributed by atoms with Crippen molar-refractivity contribution in [2.45, 2.75) is 52.5 Å². The van der Waals surface area contributed by atoms with Gasteiger partial charge in [-0.25, -0.2) is 0 Å². The largest absolute Gasteiger partial charge is 0.312 e. The molecule has 1 atom stereocenters. The molecule has 92 valence electrons. The summed E-state index contributed by atoms with van der Waals surface area (Å²) in [6.45, 7) is 10.2. The van der Waals surface area contributed by atoms with Crippen molar-refractivity contribution in [3.63, 3.8) is 0 Å². The van der Waals surface area contributed by atoms with Gasteiger partial charge < -0.3 is 5.32 Å². The van der Waals surface area contributed by atoms with Gasteiger partial charge >= 0.3 is 0 Å². The first-order valence-electron chi connectivity index (χ1n) is 6.25. The van der Waals surface area contributed by atoms with Crippen LogP contribution in [0, 0.1) is 5.92 Å². The molecule has 1 rings (SSSR count). The van der Waals surface area contributed by atoms with Crippen LogP contribution >= 0.6 is 11.3 Å². The molecule has 0 aliphatic rings. The van der Waals surface area contributed by atoms with Crippen LogP contribution in [-0.4, -0.2) is 12.1 Å². The van der Waals surface area contributed by atoms with E-state index in [0.717, 1.165) is 12.5 Å². The first-order chi connectivity index (χ1) is 7.47. The van der Waals surface area contributed by atoms with Crippen LogP contribution in [0.5, 0.6) is 0 Å². The highest BCUT2D eigenvalue weighted by atomic mass is 32.1. The van der Waals surface area contributed by atoms with Gasteiger partial charge in [0, 0.05) is 10.4 Å². The summed E-state index contributed by atoms with van der Waals surface area (Å²) >= 11 is 1.88. The standard InChI is InChI=1S/C14H25NS/c1-12(9-10-15-14(2,3)4)7-8-13-6-5-11-16-13/h5-6,11-12,15H,7-10H2,1-4H3. The predicted octanol–water partition coefficient (Wildman–Crippen LogP) is 4.10. The minimum atomic E-state index is 0.257. The summed E-state index contributed by atoms with van der Waals surface area (Å²) in [4.78, 5) is 1.52. The van der Waals surface area contributed by atoms with E-state index in [2.05, 4.69) is 50.5 Å². The fourth-order valence-electron chi connectivity index (χ4n) is 1.68. The second kappa shape index (κ2) is 6.41. The Balaban J connectivity index is 2.09. The van der Waals surface area contributed by atoms with Crippen molar-refractivity contribution in [3.05, 3.63) is 22.4 Å². The van der Waals surface area contributed by atoms with Gasteiger partial charge in [0.25, 0.3) is 0 Å². The molecule has 1 aromatic heterocycles. The molecule has 1 nitrogen and oxygen atoms in total. The van der Waals surface area contributed by atoms with Gasteiger partial charge in [-0.2, -0.15) is 0 Å². The molecule has 0 saturated heterocycles. The molecule has 1 unspecified atom stereocenters. The number of hydrogen-bond donors (Lipinski definition) is 1. The van der Waals surface area contributed by atoms with Gasteiger partial charge in [-0.3, -0.25) is 0 Å². The molecule has 16 heavy (non-hydrogen) atoms. The maximum Gasteiger partial charge on any atom is 0.00965 e. The Morgan fingerprint density at radius 1 is 1.31 bits per heavy atom. The van der Waals surface area contributed by atoms with Crippen molar-refractivity contribution in [2.24, 2.45) is 5.92 Å². The predicted molar refractivity (Wildman–Crippen MR) is 74.2 cm³/mol. The molecule has 0 spiro atoms. The summed E-state index contributed by atoms with van der Waals surface area (Å²) in [5.41, 5.74) is 0.257. The van der Waals surface area contributed by atoms with Gasteiger partial charge in [-0.15, -0.1) is 11.3 Å². The SMILES string of the molecule is CC(CCNC(C)(C)C)CCc1cccs1. The van der Waals surface area contributed by atoms with Crippen LogP contribution in [0.15, 0.2) is 17.5 Å². The molecule has 0 aromatic carbocycles. The average Bonchev–Trinajstić information content (AvgIpc) is 2.65. The van der Waals surface area contributed by atoms with Crippen molar-refractivity contribution in [1.82, 2.24) is 5.32 Å². The van der Waals surface area contributed by atoms with E-state index in [0.29, 0.717) is 0 Å². The van der Waals surface area contributed by atoms with Crippen LogP contribution in [0.1, 0.15) is 45.4 Å². The van der Waals surface area contributed by atoms with Crippen LogP contribution in [0.4, 0.5) is 0 Å². The Labute approximate surface area is 104 Å². The van der Waals surface area contributed by atoms with Gasteiger partial charge in [0.2, 0.25) is 0 Å². The van der Waals surface area contributed by atoms with E-state index in [9.17, 15) is 0 Å². The Morgan fingerprint density at radius 3 is 2.62 bits per heavy atom. The van der Waals surface area contributed by atoms with Crippen molar-refractivity contribution in [2.75, 3.05) is 6.54 Å². The van der Waals surface area contributed by atoms with Crippen LogP contribution in [-0.2, 0) is 6.42 Å². The third-order valence-corrected chi connectivity index (χ3v) is 3.69. The lowest BCUT2D eigenvalue weighted by Crippen LogP contribution is -2.36. The Hall–Kier alpha value is -0.340. The van der Waals surface area contributed by atoms with Gasteiger partial charge in [-0.05, 0) is 63.9 Å². The number of hydrogen-bond acceptors (Lipinski definition) is 2. The third-order valence-electron chi connectivity index (χ3n) is 2.76. The summed E-state index contributed by atoms with van der Waals surface area (Å²) in [5.74, 6) is 0.817. The first kappa shape index (κ1) is 13.7. The summed E-state index contributed by atoms with van der Waals surface area (Å²) < 4.78 is 0. The molecule has 1 N–H and O–H groups in total. The fourth-order valence-corrected chi connectivity index (χ4v) is 2.41. The van der Waals surface area contributed by atoms with Crippen molar-refractivity contribution < 1.29 is 0 Å². The molecule has 1 heterocycles. The van der Waals surface area contributed by atoms with E-state index in [1.807, 2.05) is 11.3 Å². The molecule has 0 bridgehead atoms. The minimum Gasteiger partial charge on any atom is -0.312 e. The summed E-state index contributed by atoms with van der Waals surface area (Å²) in [6.07, 6.45) is 3.84. The second-order valence-electron chi connectivity index (χ2n) is 5.69. The van der Waals surface area contributed by atoms with Crippen molar-refractivity contribution >= 4 is 11.3 Å². The number of nitrogens with one attached hydrogen (secondary N) is 1. The highest BCUT2D eigenvalue weighted by Crippen LogP contribution is 2.16. The summed E-state index contributed by atoms with van der Waals surface area (Å²) in [7, 11) is 0. The van der Waals surface area contributed by atoms with Gasteiger partial charge in [0.1, 0.15) is 0 Å². The first-order valence-corrected chi connectivity index (χ1v) is 7.13. The van der Waals surface area contributed by atoms with E-state index in [1.54, 1.807) is 0 Å². The zero-order chi connectivity index (χ0) is 12.0. The van der Waals surface area contributed by atoms with Crippen LogP contribution in [0.25, 0.3) is 0 Å². The number of aryl methyl sites for hydroxylation is 1. The maximum absolute atomic E-state index is 3.55. The van der Waals surface area contributed by atoms with Crippen LogP contribution in [0.3, 0.4) is 0 Å². The Bertz CT molecular complexity index is 271. The lowest BCUT2D eigenvalue weighted by atomic mass is 10.0. The highest BCUT2D eigenvalue weighted by Gasteiger charge is 2.09. The zero-order valence-corrected chi connectivity index (χ0v) is 11.9. The molecule has 0 amide bonds. The highest BCUT2D eigenvalue weighted by molar-refractivity contribution is 7.09. The maximum atomic E-state index is 3.55. The Kier molecular flexibility index (Phi) is 5.50. The molecular weight excluding hydrogens is 214 g/mol. The molecule has 0 aliphatic heterocycles. The average molecular weight is 239 g/mol. The minimum absolute atomic E-state index is 0.257. The monoisotopic (exact) mass is 239 g/mol. The molecule has 0 fully saturated rings. The van der Waals surface area contributed by atoms with E-state index in [1.165, 1.54) is 24.1 Å². The normalized spacial score (nSPS) is 14.0. The molecule has 0 aliphatic carbocycles. The molecular formula is C14H25NS. The zero-order valence-electron chi connectivity index (χ0n) is 11.0. The van der Waals surface area contributed by atoms with Crippen molar-refractivity contribution in [1.29, 1.82) is 0 Å². The third kappa shape index (κ3) is 6.29. The van der Waals surface area contributed by atoms with Crippen LogP contribution < -0.4 is 5.32 Å². The Morgan fingerprint density at radius 2 is 2.06 bits per heavy atom. The van der Waals surface area contributed by atoms with E-state index in [4.69, 9.17) is 0 Å². The van der Waals surface area contributed by atoms with E-state index >= 15 is 0 Å². The lowest BCUT2D eigenvalue weighted by Gasteiger charge is -2.21. The van der Waals surface area contributed by atoms with Gasteiger partial charge in [0.15, 0.2) is 0 Å². The smallest absolute Gasteiger partial charge is 0.00965 e.